The molecule has 2 aliphatic rings. The van der Waals surface area contributed by atoms with E-state index in [4.69, 9.17) is 19.1 Å². The van der Waals surface area contributed by atoms with Crippen LogP contribution in [0.25, 0.3) is 10.9 Å². The molecule has 0 radical (unpaired) electrons. The number of hydrogen-bond acceptors (Lipinski definition) is 4. The van der Waals surface area contributed by atoms with Gasteiger partial charge < -0.3 is 14.0 Å². The van der Waals surface area contributed by atoms with Crippen LogP contribution in [0.3, 0.4) is 0 Å². The molecule has 0 N–H and O–H groups in total. The molecule has 1 unspecified atom stereocenters. The highest BCUT2D eigenvalue weighted by Gasteiger charge is 2.52. The van der Waals surface area contributed by atoms with Crippen molar-refractivity contribution < 1.29 is 18.4 Å². The lowest BCUT2D eigenvalue weighted by molar-refractivity contribution is -0.0367. The van der Waals surface area contributed by atoms with Gasteiger partial charge in [0.25, 0.3) is 0 Å². The summed E-state index contributed by atoms with van der Waals surface area (Å²) < 4.78 is 36.0. The Bertz CT molecular complexity index is 1170. The Morgan fingerprint density at radius 1 is 1.00 bits per heavy atom. The van der Waals surface area contributed by atoms with E-state index < -0.39 is 26.4 Å². The van der Waals surface area contributed by atoms with Gasteiger partial charge in [-0.25, -0.2) is 9.07 Å². The molecule has 37 heavy (non-hydrogen) atoms. The monoisotopic (exact) mass is 526 g/mol. The second kappa shape index (κ2) is 10.1. The number of aromatic nitrogens is 2. The van der Waals surface area contributed by atoms with Crippen LogP contribution < -0.4 is 5.46 Å². The quantitative estimate of drug-likeness (QED) is 0.320. The fourth-order valence-corrected chi connectivity index (χ4v) is 11.4. The summed E-state index contributed by atoms with van der Waals surface area (Å²) in [6.07, 6.45) is 2.74. The minimum atomic E-state index is -1.98. The Kier molecular flexibility index (Phi) is 7.77. The van der Waals surface area contributed by atoms with E-state index in [0.717, 1.165) is 24.6 Å². The van der Waals surface area contributed by atoms with Crippen LogP contribution >= 0.6 is 0 Å². The van der Waals surface area contributed by atoms with Gasteiger partial charge in [-0.2, -0.15) is 5.10 Å². The van der Waals surface area contributed by atoms with Crippen molar-refractivity contribution in [3.63, 3.8) is 0 Å². The van der Waals surface area contributed by atoms with E-state index in [1.807, 2.05) is 38.4 Å². The van der Waals surface area contributed by atoms with Crippen LogP contribution in [0.2, 0.25) is 16.6 Å². The van der Waals surface area contributed by atoms with Crippen LogP contribution in [0, 0.1) is 17.3 Å². The third-order valence-corrected chi connectivity index (χ3v) is 15.3. The molecule has 1 aromatic carbocycles. The van der Waals surface area contributed by atoms with E-state index in [0.29, 0.717) is 39.9 Å². The van der Waals surface area contributed by atoms with E-state index in [1.165, 1.54) is 0 Å². The summed E-state index contributed by atoms with van der Waals surface area (Å²) in [6, 6.07) is 3.40. The number of nitrogens with zero attached hydrogens (tertiary/aromatic N) is 2. The van der Waals surface area contributed by atoms with Crippen LogP contribution in [-0.4, -0.2) is 42.8 Å². The zero-order chi connectivity index (χ0) is 27.3. The highest BCUT2D eigenvalue weighted by molar-refractivity contribution is 6.90. The molecular weight excluding hydrogens is 482 g/mol. The van der Waals surface area contributed by atoms with Crippen molar-refractivity contribution in [2.75, 3.05) is 6.61 Å². The van der Waals surface area contributed by atoms with Crippen LogP contribution in [0.5, 0.6) is 0 Å². The SMILES string of the molecule is CC(C)[Si](C#Cc1nn(C2CCCCO2)c2cc(F)c(B3OC(C)(C)C(C)(C)O3)cc12)(C(C)C)C(C)C. The minimum absolute atomic E-state index is 0.212. The Hall–Kier alpha value is -1.66. The number of ether oxygens (including phenoxy) is 1. The summed E-state index contributed by atoms with van der Waals surface area (Å²) in [7, 11) is -2.77. The van der Waals surface area contributed by atoms with Gasteiger partial charge in [-0.3, -0.25) is 0 Å². The molecule has 1 aromatic heterocycles. The molecule has 4 rings (SSSR count). The maximum absolute atomic E-state index is 15.7. The van der Waals surface area contributed by atoms with Crippen molar-refractivity contribution >= 4 is 31.6 Å². The molecule has 2 saturated heterocycles. The lowest BCUT2D eigenvalue weighted by Gasteiger charge is -2.38. The summed E-state index contributed by atoms with van der Waals surface area (Å²) >= 11 is 0. The maximum Gasteiger partial charge on any atom is 0.497 e. The summed E-state index contributed by atoms with van der Waals surface area (Å²) in [5, 5.41) is 5.78. The number of hydrogen-bond donors (Lipinski definition) is 0. The molecule has 0 amide bonds. The second-order valence-corrected chi connectivity index (χ2v) is 18.3. The molecule has 0 spiro atoms. The molecule has 2 aliphatic heterocycles. The first kappa shape index (κ1) is 28.4. The maximum atomic E-state index is 15.7. The fraction of sp³-hybridized carbons (Fsp3) is 0.690. The molecule has 2 aromatic rings. The first-order chi connectivity index (χ1) is 17.2. The van der Waals surface area contributed by atoms with Crippen LogP contribution in [0.1, 0.15) is 100 Å². The van der Waals surface area contributed by atoms with E-state index in [9.17, 15) is 0 Å². The van der Waals surface area contributed by atoms with E-state index in [-0.39, 0.29) is 12.0 Å². The summed E-state index contributed by atoms with van der Waals surface area (Å²) in [5.41, 5.74) is 5.99. The second-order valence-electron chi connectivity index (χ2n) is 12.7. The van der Waals surface area contributed by atoms with Crippen molar-refractivity contribution in [3.8, 4) is 11.5 Å². The Morgan fingerprint density at radius 2 is 1.59 bits per heavy atom. The largest absolute Gasteiger partial charge is 0.497 e. The van der Waals surface area contributed by atoms with E-state index >= 15 is 4.39 Å². The van der Waals surface area contributed by atoms with Gasteiger partial charge in [0.2, 0.25) is 0 Å². The molecule has 5 nitrogen and oxygen atoms in total. The first-order valence-electron chi connectivity index (χ1n) is 13.9. The first-order valence-corrected chi connectivity index (χ1v) is 16.2. The number of rotatable bonds is 5. The average molecular weight is 527 g/mol. The molecule has 202 valence electrons. The van der Waals surface area contributed by atoms with Gasteiger partial charge in [0.1, 0.15) is 19.6 Å². The van der Waals surface area contributed by atoms with Gasteiger partial charge >= 0.3 is 7.12 Å². The van der Waals surface area contributed by atoms with Gasteiger partial charge in [0.15, 0.2) is 6.23 Å². The number of benzene rings is 1. The molecule has 2 fully saturated rings. The molecule has 0 saturated carbocycles. The molecule has 0 aliphatic carbocycles. The van der Waals surface area contributed by atoms with Crippen molar-refractivity contribution in [3.05, 3.63) is 23.6 Å². The topological polar surface area (TPSA) is 45.5 Å². The van der Waals surface area contributed by atoms with E-state index in [2.05, 4.69) is 53.0 Å². The number of halogens is 1. The zero-order valence-corrected chi connectivity index (χ0v) is 25.4. The molecule has 0 bridgehead atoms. The van der Waals surface area contributed by atoms with Crippen molar-refractivity contribution in [1.29, 1.82) is 0 Å². The smallest absolute Gasteiger partial charge is 0.399 e. The van der Waals surface area contributed by atoms with Crippen LogP contribution in [0.4, 0.5) is 4.39 Å². The van der Waals surface area contributed by atoms with Crippen molar-refractivity contribution in [2.45, 2.75) is 123 Å². The molecular formula is C29H44BFN2O3Si. The Balaban J connectivity index is 1.89. The Morgan fingerprint density at radius 3 is 2.11 bits per heavy atom. The van der Waals surface area contributed by atoms with Crippen LogP contribution in [0.15, 0.2) is 12.1 Å². The lowest BCUT2D eigenvalue weighted by atomic mass is 9.78. The average Bonchev–Trinajstić information content (AvgIpc) is 3.25. The fourth-order valence-electron chi connectivity index (χ4n) is 6.15. The lowest BCUT2D eigenvalue weighted by Crippen LogP contribution is -2.43. The van der Waals surface area contributed by atoms with Gasteiger partial charge in [-0.1, -0.05) is 47.5 Å². The zero-order valence-electron chi connectivity index (χ0n) is 24.4. The predicted octanol–water partition coefficient (Wildman–Crippen LogP) is 6.74. The summed E-state index contributed by atoms with van der Waals surface area (Å²) in [5.74, 6) is 3.16. The van der Waals surface area contributed by atoms with Gasteiger partial charge in [0.05, 0.1) is 16.7 Å². The summed E-state index contributed by atoms with van der Waals surface area (Å²) in [4.78, 5) is 0. The van der Waals surface area contributed by atoms with Gasteiger partial charge in [-0.15, -0.1) is 5.54 Å². The standard InChI is InChI=1S/C29H44BFN2O3Si/c1-19(2)37(20(3)4,21(5)6)16-14-25-22-17-23(30-35-28(7,8)29(9,10)36-30)24(31)18-26(22)33(32-25)27-13-11-12-15-34-27/h17-21,27H,11-13,15H2,1-10H3. The number of fused-ring (bicyclic) bond motifs is 1. The van der Waals surface area contributed by atoms with Crippen LogP contribution in [-0.2, 0) is 14.0 Å². The van der Waals surface area contributed by atoms with Gasteiger partial charge in [-0.05, 0) is 75.7 Å². The minimum Gasteiger partial charge on any atom is -0.399 e. The highest BCUT2D eigenvalue weighted by Crippen LogP contribution is 2.41. The third kappa shape index (κ3) is 4.93. The van der Waals surface area contributed by atoms with Gasteiger partial charge in [0, 0.05) is 17.5 Å². The van der Waals surface area contributed by atoms with Crippen molar-refractivity contribution in [2.24, 2.45) is 0 Å². The predicted molar refractivity (Wildman–Crippen MR) is 152 cm³/mol. The molecule has 3 heterocycles. The van der Waals surface area contributed by atoms with Crippen molar-refractivity contribution in [1.82, 2.24) is 9.78 Å². The summed E-state index contributed by atoms with van der Waals surface area (Å²) in [6.45, 7) is 22.4. The normalized spacial score (nSPS) is 21.8. The highest BCUT2D eigenvalue weighted by atomic mass is 28.3. The Labute approximate surface area is 224 Å². The van der Waals surface area contributed by atoms with E-state index in [1.54, 1.807) is 6.07 Å². The molecule has 1 atom stereocenters. The molecule has 8 heteroatoms. The third-order valence-electron chi connectivity index (χ3n) is 9.02.